The molecule has 0 bridgehead atoms. The Bertz CT molecular complexity index is 893. The molecule has 26 heavy (non-hydrogen) atoms. The van der Waals surface area contributed by atoms with E-state index in [0.29, 0.717) is 31.1 Å². The van der Waals surface area contributed by atoms with Gasteiger partial charge in [-0.25, -0.2) is 0 Å². The van der Waals surface area contributed by atoms with Crippen LogP contribution in [0.1, 0.15) is 11.1 Å². The van der Waals surface area contributed by atoms with E-state index in [0.717, 1.165) is 16.6 Å². The Balaban J connectivity index is 1.73. The van der Waals surface area contributed by atoms with Gasteiger partial charge < -0.3 is 14.6 Å². The molecule has 0 saturated carbocycles. The lowest BCUT2D eigenvalue weighted by molar-refractivity contribution is -0.207. The zero-order valence-electron chi connectivity index (χ0n) is 14.2. The van der Waals surface area contributed by atoms with Gasteiger partial charge in [-0.2, -0.15) is 0 Å². The third-order valence-electron chi connectivity index (χ3n) is 3.72. The summed E-state index contributed by atoms with van der Waals surface area (Å²) in [4.78, 5) is 0. The van der Waals surface area contributed by atoms with Crippen molar-refractivity contribution in [1.29, 1.82) is 0 Å². The smallest absolute Gasteiger partial charge is 0.126 e. The van der Waals surface area contributed by atoms with Crippen molar-refractivity contribution >= 4 is 30.6 Å². The highest BCUT2D eigenvalue weighted by molar-refractivity contribution is 7.49. The summed E-state index contributed by atoms with van der Waals surface area (Å²) in [6, 6.07) is 22.6. The van der Waals surface area contributed by atoms with Crippen LogP contribution in [0.5, 0.6) is 11.5 Å². The van der Waals surface area contributed by atoms with Crippen molar-refractivity contribution in [2.75, 3.05) is 7.11 Å². The van der Waals surface area contributed by atoms with Crippen molar-refractivity contribution in [3.05, 3.63) is 88.9 Å². The van der Waals surface area contributed by atoms with Gasteiger partial charge in [0.05, 0.1) is 12.1 Å². The second-order valence-electron chi connectivity index (χ2n) is 5.50. The molecule has 0 aliphatic heterocycles. The van der Waals surface area contributed by atoms with Gasteiger partial charge in [0.15, 0.2) is 0 Å². The van der Waals surface area contributed by atoms with Crippen molar-refractivity contribution in [3.8, 4) is 11.5 Å². The maximum atomic E-state index is 12.6. The van der Waals surface area contributed by atoms with Crippen molar-refractivity contribution < 1.29 is 14.6 Å². The number of hydrogen-bond acceptors (Lipinski definition) is 3. The van der Waals surface area contributed by atoms with Gasteiger partial charge in [0, 0.05) is 10.9 Å². The monoisotopic (exact) mass is 383 g/mol. The van der Waals surface area contributed by atoms with Crippen LogP contribution in [0.4, 0.5) is 0 Å². The lowest BCUT2D eigenvalue weighted by atomic mass is 10.2. The van der Waals surface area contributed by atoms with Gasteiger partial charge in [0.2, 0.25) is 0 Å². The molecular formula is C21H17ClO3P-. The van der Waals surface area contributed by atoms with Crippen LogP contribution in [0, 0.1) is 0 Å². The fraction of sp³-hybridized carbons (Fsp3) is 0.0952. The highest BCUT2D eigenvalue weighted by Crippen LogP contribution is 2.27. The fourth-order valence-corrected chi connectivity index (χ4v) is 3.61. The molecule has 0 aliphatic carbocycles. The first-order valence-electron chi connectivity index (χ1n) is 8.03. The van der Waals surface area contributed by atoms with E-state index in [4.69, 9.17) is 21.1 Å². The average molecular weight is 384 g/mol. The average Bonchev–Trinajstić information content (AvgIpc) is 2.68. The SMILES string of the molecule is COc1cccc(Cl)c1C([O-])=Pc1ccc(OCc2ccccc2)cc1. The molecule has 0 heterocycles. The second-order valence-corrected chi connectivity index (χ2v) is 7.06. The Kier molecular flexibility index (Phi) is 6.30. The van der Waals surface area contributed by atoms with Crippen LogP contribution in [0.3, 0.4) is 0 Å². The fourth-order valence-electron chi connectivity index (χ4n) is 2.41. The standard InChI is InChI=1S/C21H18ClO3P/c1-24-19-9-5-8-18(22)20(19)21(23)26-17-12-10-16(11-13-17)25-14-15-6-3-2-4-7-15/h2-13,23H,14H2,1H3/p-1. The molecule has 132 valence electrons. The molecule has 0 atom stereocenters. The number of ether oxygens (including phenoxy) is 2. The van der Waals surface area contributed by atoms with E-state index in [2.05, 4.69) is 0 Å². The largest absolute Gasteiger partial charge is 0.823 e. The Morgan fingerprint density at radius 3 is 2.38 bits per heavy atom. The van der Waals surface area contributed by atoms with Gasteiger partial charge in [-0.15, -0.1) is 0 Å². The molecule has 0 aliphatic rings. The van der Waals surface area contributed by atoms with Gasteiger partial charge in [0.25, 0.3) is 0 Å². The quantitative estimate of drug-likeness (QED) is 0.603. The number of hydrogen-bond donors (Lipinski definition) is 0. The summed E-state index contributed by atoms with van der Waals surface area (Å²) < 4.78 is 11.0. The van der Waals surface area contributed by atoms with Crippen LogP contribution in [0.25, 0.3) is 0 Å². The summed E-state index contributed by atoms with van der Waals surface area (Å²) in [7, 11) is 2.06. The molecule has 3 nitrogen and oxygen atoms in total. The maximum Gasteiger partial charge on any atom is 0.126 e. The van der Waals surface area contributed by atoms with Crippen molar-refractivity contribution in [3.63, 3.8) is 0 Å². The van der Waals surface area contributed by atoms with Crippen LogP contribution < -0.4 is 19.9 Å². The molecule has 0 aromatic heterocycles. The van der Waals surface area contributed by atoms with Gasteiger partial charge in [-0.1, -0.05) is 61.7 Å². The first-order valence-corrected chi connectivity index (χ1v) is 9.30. The number of methoxy groups -OCH3 is 1. The lowest BCUT2D eigenvalue weighted by Crippen LogP contribution is -2.19. The first-order chi connectivity index (χ1) is 12.7. The van der Waals surface area contributed by atoms with E-state index in [1.54, 1.807) is 18.2 Å². The summed E-state index contributed by atoms with van der Waals surface area (Å²) in [5, 5.41) is 13.9. The Morgan fingerprint density at radius 1 is 0.962 bits per heavy atom. The third kappa shape index (κ3) is 4.64. The van der Waals surface area contributed by atoms with E-state index in [1.165, 1.54) is 7.11 Å². The molecular weight excluding hydrogens is 367 g/mol. The van der Waals surface area contributed by atoms with Gasteiger partial charge >= 0.3 is 0 Å². The van der Waals surface area contributed by atoms with E-state index in [9.17, 15) is 5.11 Å². The minimum Gasteiger partial charge on any atom is -0.823 e. The Morgan fingerprint density at radius 2 is 1.69 bits per heavy atom. The maximum absolute atomic E-state index is 12.6. The van der Waals surface area contributed by atoms with Gasteiger partial charge in [0.1, 0.15) is 18.1 Å². The molecule has 0 spiro atoms. The molecule has 0 amide bonds. The molecule has 3 aromatic carbocycles. The molecule has 0 N–H and O–H groups in total. The molecule has 0 unspecified atom stereocenters. The van der Waals surface area contributed by atoms with Crippen LogP contribution in [0.2, 0.25) is 5.02 Å². The third-order valence-corrected chi connectivity index (χ3v) is 5.02. The predicted octanol–water partition coefficient (Wildman–Crippen LogP) is 4.04. The van der Waals surface area contributed by atoms with Gasteiger partial charge in [-0.05, 0) is 42.0 Å². The van der Waals surface area contributed by atoms with Crippen LogP contribution in [-0.2, 0) is 6.61 Å². The summed E-state index contributed by atoms with van der Waals surface area (Å²) in [6.45, 7) is 0.508. The minimum absolute atomic E-state index is 0.106. The lowest BCUT2D eigenvalue weighted by Gasteiger charge is -2.17. The van der Waals surface area contributed by atoms with E-state index in [1.807, 2.05) is 54.6 Å². The summed E-state index contributed by atoms with van der Waals surface area (Å²) in [5.74, 6) is 1.24. The Labute approximate surface area is 159 Å². The van der Waals surface area contributed by atoms with Crippen LogP contribution in [-0.4, -0.2) is 12.6 Å². The van der Waals surface area contributed by atoms with E-state index >= 15 is 0 Å². The summed E-state index contributed by atoms with van der Waals surface area (Å²) in [6.07, 6.45) is 0. The highest BCUT2D eigenvalue weighted by Gasteiger charge is 2.06. The Hall–Kier alpha value is -2.32. The van der Waals surface area contributed by atoms with Crippen molar-refractivity contribution in [2.24, 2.45) is 0 Å². The molecule has 3 rings (SSSR count). The number of halogens is 1. The molecule has 0 saturated heterocycles. The zero-order chi connectivity index (χ0) is 18.4. The zero-order valence-corrected chi connectivity index (χ0v) is 15.8. The number of benzene rings is 3. The molecule has 0 fully saturated rings. The van der Waals surface area contributed by atoms with Crippen molar-refractivity contribution in [2.45, 2.75) is 6.61 Å². The summed E-state index contributed by atoms with van der Waals surface area (Å²) >= 11 is 6.17. The molecule has 0 radical (unpaired) electrons. The predicted molar refractivity (Wildman–Crippen MR) is 106 cm³/mol. The second kappa shape index (κ2) is 8.86. The van der Waals surface area contributed by atoms with Crippen LogP contribution >= 0.6 is 19.8 Å². The van der Waals surface area contributed by atoms with Crippen LogP contribution in [0.15, 0.2) is 72.8 Å². The number of rotatable bonds is 6. The van der Waals surface area contributed by atoms with Gasteiger partial charge in [-0.3, -0.25) is 0 Å². The summed E-state index contributed by atoms with van der Waals surface area (Å²) in [5.41, 5.74) is 1.41. The van der Waals surface area contributed by atoms with E-state index < -0.39 is 0 Å². The highest BCUT2D eigenvalue weighted by atomic mass is 35.5. The molecule has 5 heteroatoms. The first kappa shape index (κ1) is 18.5. The molecule has 3 aromatic rings. The van der Waals surface area contributed by atoms with E-state index in [-0.39, 0.29) is 5.48 Å². The van der Waals surface area contributed by atoms with Crippen molar-refractivity contribution in [1.82, 2.24) is 0 Å². The topological polar surface area (TPSA) is 41.5 Å². The normalized spacial score (nSPS) is 11.3. The minimum atomic E-state index is -0.106.